The van der Waals surface area contributed by atoms with Gasteiger partial charge < -0.3 is 4.74 Å². The molecule has 2 nitrogen and oxygen atoms in total. The average molecular weight is 152 g/mol. The maximum Gasteiger partial charge on any atom is 0.196 e. The van der Waals surface area contributed by atoms with E-state index in [9.17, 15) is 4.79 Å². The summed E-state index contributed by atoms with van der Waals surface area (Å²) in [5.41, 5.74) is 1.29. The summed E-state index contributed by atoms with van der Waals surface area (Å²) in [5, 5.41) is 0. The molecule has 1 aliphatic rings. The Morgan fingerprint density at radius 1 is 1.45 bits per heavy atom. The van der Waals surface area contributed by atoms with E-state index in [-0.39, 0.29) is 11.7 Å². The number of rotatable bonds is 2. The largest absolute Gasteiger partial charge is 0.496 e. The number of allylic oxidation sites excluding steroid dienone is 2. The summed E-state index contributed by atoms with van der Waals surface area (Å²) in [7, 11) is 1.56. The van der Waals surface area contributed by atoms with E-state index in [2.05, 4.69) is 6.58 Å². The molecule has 11 heavy (non-hydrogen) atoms. The first-order chi connectivity index (χ1) is 5.09. The number of hydrogen-bond acceptors (Lipinski definition) is 2. The highest BCUT2D eigenvalue weighted by atomic mass is 16.5. The summed E-state index contributed by atoms with van der Waals surface area (Å²) in [6.07, 6.45) is 0. The van der Waals surface area contributed by atoms with Gasteiger partial charge in [0.25, 0.3) is 0 Å². The summed E-state index contributed by atoms with van der Waals surface area (Å²) in [4.78, 5) is 11.1. The van der Waals surface area contributed by atoms with Crippen LogP contribution in [0.3, 0.4) is 0 Å². The zero-order chi connectivity index (χ0) is 8.59. The number of carbonyl (C=O) groups excluding carboxylic acids is 1. The first kappa shape index (κ1) is 8.05. The highest BCUT2D eigenvalue weighted by Crippen LogP contribution is 2.33. The number of Topliss-reactive ketones (excluding diaryl/α,β-unsaturated/α-hetero) is 1. The van der Waals surface area contributed by atoms with Crippen LogP contribution >= 0.6 is 0 Å². The fourth-order valence-electron chi connectivity index (χ4n) is 1.23. The molecule has 0 bridgehead atoms. The van der Waals surface area contributed by atoms with Crippen LogP contribution in [-0.2, 0) is 9.53 Å². The van der Waals surface area contributed by atoms with Crippen LogP contribution in [0.25, 0.3) is 0 Å². The van der Waals surface area contributed by atoms with Crippen LogP contribution in [0.5, 0.6) is 0 Å². The van der Waals surface area contributed by atoms with Crippen LogP contribution in [0.4, 0.5) is 0 Å². The number of methoxy groups -OCH3 is 1. The monoisotopic (exact) mass is 152 g/mol. The van der Waals surface area contributed by atoms with Crippen LogP contribution in [0.15, 0.2) is 23.5 Å². The van der Waals surface area contributed by atoms with Crippen molar-refractivity contribution in [2.75, 3.05) is 7.11 Å². The molecule has 0 atom stereocenters. The van der Waals surface area contributed by atoms with Gasteiger partial charge in [-0.25, -0.2) is 0 Å². The molecule has 0 heterocycles. The third kappa shape index (κ3) is 0.985. The van der Waals surface area contributed by atoms with Gasteiger partial charge in [0, 0.05) is 5.57 Å². The second kappa shape index (κ2) is 2.53. The quantitative estimate of drug-likeness (QED) is 0.563. The van der Waals surface area contributed by atoms with Gasteiger partial charge in [-0.2, -0.15) is 0 Å². The minimum absolute atomic E-state index is 0.0526. The molecule has 0 saturated heterocycles. The zero-order valence-corrected chi connectivity index (χ0v) is 7.10. The third-order valence-corrected chi connectivity index (χ3v) is 1.82. The molecule has 1 aliphatic carbocycles. The maximum absolute atomic E-state index is 11.1. The highest BCUT2D eigenvalue weighted by molar-refractivity contribution is 6.18. The normalized spacial score (nSPS) is 17.5. The number of ketones is 1. The molecule has 2 heteroatoms. The van der Waals surface area contributed by atoms with Crippen molar-refractivity contribution in [3.63, 3.8) is 0 Å². The SMILES string of the molecule is C=C1C(=O)C(C(C)C)=C1OC. The predicted octanol–water partition coefficient (Wildman–Crippen LogP) is 1.68. The highest BCUT2D eigenvalue weighted by Gasteiger charge is 2.34. The van der Waals surface area contributed by atoms with Gasteiger partial charge in [0.1, 0.15) is 5.76 Å². The summed E-state index contributed by atoms with van der Waals surface area (Å²) in [6, 6.07) is 0. The molecule has 1 rings (SSSR count). The minimum Gasteiger partial charge on any atom is -0.496 e. The molecular formula is C9H12O2. The summed E-state index contributed by atoms with van der Waals surface area (Å²) in [5.74, 6) is 0.977. The molecule has 0 spiro atoms. The smallest absolute Gasteiger partial charge is 0.196 e. The maximum atomic E-state index is 11.1. The van der Waals surface area contributed by atoms with Crippen LogP contribution < -0.4 is 0 Å². The van der Waals surface area contributed by atoms with E-state index in [4.69, 9.17) is 4.74 Å². The zero-order valence-electron chi connectivity index (χ0n) is 7.10. The topological polar surface area (TPSA) is 26.3 Å². The van der Waals surface area contributed by atoms with Gasteiger partial charge in [-0.15, -0.1) is 0 Å². The molecule has 0 saturated carbocycles. The van der Waals surface area contributed by atoms with Crippen molar-refractivity contribution in [2.45, 2.75) is 13.8 Å². The van der Waals surface area contributed by atoms with Crippen LogP contribution in [0, 0.1) is 5.92 Å². The van der Waals surface area contributed by atoms with Gasteiger partial charge >= 0.3 is 0 Å². The van der Waals surface area contributed by atoms with E-state index < -0.39 is 0 Å². The summed E-state index contributed by atoms with van der Waals surface area (Å²) < 4.78 is 5.00. The number of carbonyl (C=O) groups is 1. The van der Waals surface area contributed by atoms with Crippen molar-refractivity contribution in [1.82, 2.24) is 0 Å². The van der Waals surface area contributed by atoms with Crippen molar-refractivity contribution in [1.29, 1.82) is 0 Å². The molecule has 0 aromatic carbocycles. The molecular weight excluding hydrogens is 140 g/mol. The first-order valence-corrected chi connectivity index (χ1v) is 3.61. The Kier molecular flexibility index (Phi) is 1.85. The Labute approximate surface area is 66.5 Å². The fourth-order valence-corrected chi connectivity index (χ4v) is 1.23. The van der Waals surface area contributed by atoms with Crippen LogP contribution in [-0.4, -0.2) is 12.9 Å². The van der Waals surface area contributed by atoms with E-state index >= 15 is 0 Å². The molecule has 0 N–H and O–H groups in total. The van der Waals surface area contributed by atoms with Crippen molar-refractivity contribution >= 4 is 5.78 Å². The van der Waals surface area contributed by atoms with E-state index in [0.29, 0.717) is 11.3 Å². The molecule has 0 fully saturated rings. The first-order valence-electron chi connectivity index (χ1n) is 3.61. The van der Waals surface area contributed by atoms with E-state index in [1.165, 1.54) is 0 Å². The van der Waals surface area contributed by atoms with Crippen molar-refractivity contribution < 1.29 is 9.53 Å². The Balaban J connectivity index is 3.00. The molecule has 0 unspecified atom stereocenters. The van der Waals surface area contributed by atoms with E-state index in [1.54, 1.807) is 7.11 Å². The predicted molar refractivity (Wildman–Crippen MR) is 43.0 cm³/mol. The van der Waals surface area contributed by atoms with Crippen LogP contribution in [0.1, 0.15) is 13.8 Å². The Hall–Kier alpha value is -1.05. The average Bonchev–Trinajstić information content (AvgIpc) is 1.96. The van der Waals surface area contributed by atoms with Gasteiger partial charge in [0.05, 0.1) is 12.7 Å². The molecule has 0 radical (unpaired) electrons. The lowest BCUT2D eigenvalue weighted by molar-refractivity contribution is -0.114. The van der Waals surface area contributed by atoms with E-state index in [0.717, 1.165) is 5.57 Å². The van der Waals surface area contributed by atoms with Gasteiger partial charge in [0.2, 0.25) is 0 Å². The lowest BCUT2D eigenvalue weighted by Gasteiger charge is -2.25. The molecule has 0 aliphatic heterocycles. The lowest BCUT2D eigenvalue weighted by atomic mass is 9.82. The summed E-state index contributed by atoms with van der Waals surface area (Å²) in [6.45, 7) is 7.54. The van der Waals surface area contributed by atoms with Gasteiger partial charge in [-0.3, -0.25) is 4.79 Å². The molecule has 0 aromatic heterocycles. The lowest BCUT2D eigenvalue weighted by Crippen LogP contribution is -2.25. The van der Waals surface area contributed by atoms with Gasteiger partial charge in [-0.1, -0.05) is 20.4 Å². The minimum atomic E-state index is 0.0526. The fraction of sp³-hybridized carbons (Fsp3) is 0.444. The Morgan fingerprint density at radius 2 is 2.00 bits per heavy atom. The van der Waals surface area contributed by atoms with Gasteiger partial charge in [0.15, 0.2) is 5.78 Å². The second-order valence-electron chi connectivity index (χ2n) is 2.91. The van der Waals surface area contributed by atoms with Crippen molar-refractivity contribution in [3.05, 3.63) is 23.5 Å². The van der Waals surface area contributed by atoms with Crippen LogP contribution in [0.2, 0.25) is 0 Å². The Bertz CT molecular complexity index is 246. The molecule has 60 valence electrons. The number of ether oxygens (including phenoxy) is 1. The Morgan fingerprint density at radius 3 is 2.27 bits per heavy atom. The van der Waals surface area contributed by atoms with E-state index in [1.807, 2.05) is 13.8 Å². The van der Waals surface area contributed by atoms with Crippen molar-refractivity contribution in [3.8, 4) is 0 Å². The molecule has 0 aromatic rings. The molecule has 0 amide bonds. The number of hydrogen-bond donors (Lipinski definition) is 0. The third-order valence-electron chi connectivity index (χ3n) is 1.82. The van der Waals surface area contributed by atoms with Gasteiger partial charge in [-0.05, 0) is 5.92 Å². The van der Waals surface area contributed by atoms with Crippen molar-refractivity contribution in [2.24, 2.45) is 5.92 Å². The second-order valence-corrected chi connectivity index (χ2v) is 2.91. The standard InChI is InChI=1S/C9H12O2/c1-5(2)7-8(10)6(3)9(7)11-4/h5H,3H2,1-2,4H3. The summed E-state index contributed by atoms with van der Waals surface area (Å²) >= 11 is 0.